The lowest BCUT2D eigenvalue weighted by atomic mass is 10.3. The maximum Gasteiger partial charge on any atom is 0.163 e. The summed E-state index contributed by atoms with van der Waals surface area (Å²) in [4.78, 5) is 8.66. The number of aryl methyl sites for hydroxylation is 1. The van der Waals surface area contributed by atoms with E-state index in [2.05, 4.69) is 20.4 Å². The Hall–Kier alpha value is -1.49. The van der Waals surface area contributed by atoms with Crippen LogP contribution in [0.5, 0.6) is 0 Å². The van der Waals surface area contributed by atoms with E-state index in [9.17, 15) is 0 Å². The molecule has 0 saturated heterocycles. The first kappa shape index (κ1) is 6.97. The van der Waals surface area contributed by atoms with Gasteiger partial charge in [-0.15, -0.1) is 0 Å². The minimum atomic E-state index is 0.794. The Kier molecular flexibility index (Phi) is 1.21. The van der Waals surface area contributed by atoms with E-state index in [0.29, 0.717) is 0 Å². The largest absolute Gasteiger partial charge is 0.307 e. The Balaban J connectivity index is 2.42. The number of nitrogens with one attached hydrogen (secondary N) is 1. The molecule has 66 valence electrons. The van der Waals surface area contributed by atoms with E-state index in [1.807, 2.05) is 6.92 Å². The van der Waals surface area contributed by atoms with Crippen LogP contribution >= 0.6 is 0 Å². The molecule has 2 aromatic heterocycles. The van der Waals surface area contributed by atoms with Crippen molar-refractivity contribution in [2.24, 2.45) is 0 Å². The fraction of sp³-hybridized carbons (Fsp3) is 0.375. The van der Waals surface area contributed by atoms with Gasteiger partial charge < -0.3 is 5.32 Å². The van der Waals surface area contributed by atoms with Crippen molar-refractivity contribution in [3.8, 4) is 0 Å². The van der Waals surface area contributed by atoms with Crippen LogP contribution in [-0.2, 0) is 13.1 Å². The smallest absolute Gasteiger partial charge is 0.163 e. The monoisotopic (exact) mass is 175 g/mol. The predicted molar refractivity (Wildman–Crippen MR) is 46.1 cm³/mol. The first-order chi connectivity index (χ1) is 6.34. The summed E-state index contributed by atoms with van der Waals surface area (Å²) in [5.41, 5.74) is 3.22. The van der Waals surface area contributed by atoms with Gasteiger partial charge in [-0.3, -0.25) is 0 Å². The molecule has 3 rings (SSSR count). The molecule has 0 unspecified atom stereocenters. The van der Waals surface area contributed by atoms with Gasteiger partial charge in [0.2, 0.25) is 0 Å². The quantitative estimate of drug-likeness (QED) is 0.614. The van der Waals surface area contributed by atoms with Gasteiger partial charge in [-0.25, -0.2) is 14.5 Å². The van der Waals surface area contributed by atoms with E-state index in [-0.39, 0.29) is 0 Å². The molecule has 5 heteroatoms. The predicted octanol–water partition coefficient (Wildman–Crippen LogP) is 0.0359. The van der Waals surface area contributed by atoms with Gasteiger partial charge in [0.25, 0.3) is 0 Å². The molecule has 0 spiro atoms. The van der Waals surface area contributed by atoms with Crippen molar-refractivity contribution >= 4 is 5.65 Å². The second-order valence-electron chi connectivity index (χ2n) is 3.20. The topological polar surface area (TPSA) is 55.1 Å². The van der Waals surface area contributed by atoms with E-state index in [4.69, 9.17) is 0 Å². The van der Waals surface area contributed by atoms with Crippen molar-refractivity contribution in [3.05, 3.63) is 23.4 Å². The zero-order chi connectivity index (χ0) is 8.84. The van der Waals surface area contributed by atoms with Gasteiger partial charge in [-0.1, -0.05) is 0 Å². The first-order valence-electron chi connectivity index (χ1n) is 4.25. The molecule has 0 bridgehead atoms. The van der Waals surface area contributed by atoms with Crippen molar-refractivity contribution < 1.29 is 0 Å². The summed E-state index contributed by atoms with van der Waals surface area (Å²) in [7, 11) is 0. The Morgan fingerprint density at radius 1 is 1.46 bits per heavy atom. The van der Waals surface area contributed by atoms with Crippen LogP contribution in [0.15, 0.2) is 6.33 Å². The molecule has 0 aliphatic carbocycles. The van der Waals surface area contributed by atoms with Crippen LogP contribution < -0.4 is 5.32 Å². The van der Waals surface area contributed by atoms with E-state index in [1.165, 1.54) is 5.56 Å². The van der Waals surface area contributed by atoms with Crippen LogP contribution in [0.1, 0.15) is 17.1 Å². The van der Waals surface area contributed by atoms with Crippen molar-refractivity contribution in [1.82, 2.24) is 24.9 Å². The molecule has 13 heavy (non-hydrogen) atoms. The van der Waals surface area contributed by atoms with Gasteiger partial charge in [-0.2, -0.15) is 5.10 Å². The summed E-state index contributed by atoms with van der Waals surface area (Å²) in [5, 5.41) is 7.45. The van der Waals surface area contributed by atoms with Crippen molar-refractivity contribution in [1.29, 1.82) is 0 Å². The third-order valence-corrected chi connectivity index (χ3v) is 2.27. The van der Waals surface area contributed by atoms with E-state index in [1.54, 1.807) is 10.8 Å². The highest BCUT2D eigenvalue weighted by Gasteiger charge is 2.16. The molecule has 0 aromatic carbocycles. The van der Waals surface area contributed by atoms with Gasteiger partial charge in [0.05, 0.1) is 5.69 Å². The fourth-order valence-corrected chi connectivity index (χ4v) is 1.69. The third kappa shape index (κ3) is 0.874. The molecule has 0 fully saturated rings. The maximum absolute atomic E-state index is 4.36. The molecule has 0 atom stereocenters. The molecule has 2 aromatic rings. The lowest BCUT2D eigenvalue weighted by Gasteiger charge is -1.96. The van der Waals surface area contributed by atoms with Gasteiger partial charge >= 0.3 is 0 Å². The van der Waals surface area contributed by atoms with Crippen LogP contribution in [0.4, 0.5) is 0 Å². The molecule has 5 nitrogen and oxygen atoms in total. The van der Waals surface area contributed by atoms with Gasteiger partial charge in [0.15, 0.2) is 5.65 Å². The zero-order valence-corrected chi connectivity index (χ0v) is 7.28. The highest BCUT2D eigenvalue weighted by atomic mass is 15.3. The summed E-state index contributed by atoms with van der Waals surface area (Å²) in [5.74, 6) is 0.794. The van der Waals surface area contributed by atoms with Gasteiger partial charge in [-0.05, 0) is 6.92 Å². The van der Waals surface area contributed by atoms with Crippen LogP contribution in [0.3, 0.4) is 0 Å². The summed E-state index contributed by atoms with van der Waals surface area (Å²) in [6.07, 6.45) is 1.72. The van der Waals surface area contributed by atoms with E-state index in [0.717, 1.165) is 30.3 Å². The molecule has 0 amide bonds. The van der Waals surface area contributed by atoms with Crippen molar-refractivity contribution in [2.45, 2.75) is 20.0 Å². The Morgan fingerprint density at radius 2 is 2.38 bits per heavy atom. The normalized spacial score (nSPS) is 15.2. The molecule has 0 saturated carbocycles. The van der Waals surface area contributed by atoms with Crippen LogP contribution in [0, 0.1) is 6.92 Å². The summed E-state index contributed by atoms with van der Waals surface area (Å²) in [6.45, 7) is 3.59. The van der Waals surface area contributed by atoms with Crippen LogP contribution in [0.25, 0.3) is 5.65 Å². The number of hydrogen-bond donors (Lipinski definition) is 1. The number of hydrogen-bond acceptors (Lipinski definition) is 4. The minimum Gasteiger partial charge on any atom is -0.307 e. The van der Waals surface area contributed by atoms with E-state index >= 15 is 0 Å². The van der Waals surface area contributed by atoms with Crippen molar-refractivity contribution in [3.63, 3.8) is 0 Å². The second-order valence-corrected chi connectivity index (χ2v) is 3.20. The summed E-state index contributed by atoms with van der Waals surface area (Å²) >= 11 is 0. The number of aromatic nitrogens is 4. The highest BCUT2D eigenvalue weighted by molar-refractivity contribution is 5.50. The SMILES string of the molecule is Cc1nc2c3c(ncn2n1)CNC3. The first-order valence-corrected chi connectivity index (χ1v) is 4.25. The molecule has 3 heterocycles. The Labute approximate surface area is 74.8 Å². The van der Waals surface area contributed by atoms with Crippen LogP contribution in [-0.4, -0.2) is 19.6 Å². The molecule has 0 radical (unpaired) electrons. The molecular formula is C8H9N5. The fourth-order valence-electron chi connectivity index (χ4n) is 1.69. The van der Waals surface area contributed by atoms with Gasteiger partial charge in [0, 0.05) is 18.7 Å². The molecular weight excluding hydrogens is 166 g/mol. The Morgan fingerprint density at radius 3 is 3.31 bits per heavy atom. The highest BCUT2D eigenvalue weighted by Crippen LogP contribution is 2.16. The summed E-state index contributed by atoms with van der Waals surface area (Å²) < 4.78 is 1.74. The number of nitrogens with zero attached hydrogens (tertiary/aromatic N) is 4. The average Bonchev–Trinajstić information content (AvgIpc) is 2.65. The number of rotatable bonds is 0. The zero-order valence-electron chi connectivity index (χ0n) is 7.28. The summed E-state index contributed by atoms with van der Waals surface area (Å²) in [6, 6.07) is 0. The van der Waals surface area contributed by atoms with Crippen LogP contribution in [0.2, 0.25) is 0 Å². The minimum absolute atomic E-state index is 0.794. The lowest BCUT2D eigenvalue weighted by molar-refractivity contribution is 0.758. The van der Waals surface area contributed by atoms with Gasteiger partial charge in [0.1, 0.15) is 12.2 Å². The lowest BCUT2D eigenvalue weighted by Crippen LogP contribution is -2.00. The van der Waals surface area contributed by atoms with E-state index < -0.39 is 0 Å². The van der Waals surface area contributed by atoms with Crippen molar-refractivity contribution in [2.75, 3.05) is 0 Å². The maximum atomic E-state index is 4.36. The molecule has 1 N–H and O–H groups in total. The second kappa shape index (κ2) is 2.26. The average molecular weight is 175 g/mol. The Bertz CT molecular complexity index is 473. The third-order valence-electron chi connectivity index (χ3n) is 2.27. The number of fused-ring (bicyclic) bond motifs is 3. The molecule has 1 aliphatic rings. The molecule has 1 aliphatic heterocycles. The standard InChI is InChI=1S/C8H9N5/c1-5-11-8-6-2-9-3-7(6)10-4-13(8)12-5/h4,9H,2-3H2,1H3.